The summed E-state index contributed by atoms with van der Waals surface area (Å²) in [4.78, 5) is 0. The molecule has 84 valence electrons. The maximum absolute atomic E-state index is 4.22. The summed E-state index contributed by atoms with van der Waals surface area (Å²) in [7, 11) is 0. The van der Waals surface area contributed by atoms with E-state index in [0.717, 1.165) is 18.8 Å². The largest absolute Gasteiger partial charge is 0.314 e. The molecule has 3 nitrogen and oxygen atoms in total. The minimum absolute atomic E-state index is 0.968. The molecule has 16 heavy (non-hydrogen) atoms. The third-order valence-corrected chi connectivity index (χ3v) is 2.71. The number of aryl methyl sites for hydroxylation is 3. The van der Waals surface area contributed by atoms with Crippen LogP contribution in [0.4, 0.5) is 0 Å². The van der Waals surface area contributed by atoms with Gasteiger partial charge in [-0.2, -0.15) is 0 Å². The summed E-state index contributed by atoms with van der Waals surface area (Å²) in [6, 6.07) is 6.43. The highest BCUT2D eigenvalue weighted by Crippen LogP contribution is 2.22. The van der Waals surface area contributed by atoms with E-state index in [0.29, 0.717) is 0 Å². The molecular formula is C13H17N3. The molecule has 2 rings (SSSR count). The molecule has 0 atom stereocenters. The fourth-order valence-corrected chi connectivity index (χ4v) is 1.84. The zero-order valence-electron chi connectivity index (χ0n) is 10.1. The average Bonchev–Trinajstić information content (AvgIpc) is 2.70. The lowest BCUT2D eigenvalue weighted by Gasteiger charge is -2.08. The number of hydrogen-bond acceptors (Lipinski definition) is 2. The van der Waals surface area contributed by atoms with E-state index >= 15 is 0 Å². The minimum atomic E-state index is 0.968. The fraction of sp³-hybridized carbons (Fsp3) is 0.385. The molecule has 0 aliphatic heterocycles. The number of rotatable bonds is 3. The molecule has 0 N–H and O–H groups in total. The second-order valence-corrected chi connectivity index (χ2v) is 4.17. The predicted octanol–water partition coefficient (Wildman–Crippen LogP) is 2.97. The summed E-state index contributed by atoms with van der Waals surface area (Å²) >= 11 is 0. The normalized spacial score (nSPS) is 10.7. The van der Waals surface area contributed by atoms with Gasteiger partial charge >= 0.3 is 0 Å². The van der Waals surface area contributed by atoms with Crippen molar-refractivity contribution in [2.45, 2.75) is 33.7 Å². The molecule has 0 aliphatic carbocycles. The first-order chi connectivity index (χ1) is 7.72. The minimum Gasteiger partial charge on any atom is -0.314 e. The molecule has 0 saturated carbocycles. The Kier molecular flexibility index (Phi) is 3.04. The van der Waals surface area contributed by atoms with Crippen molar-refractivity contribution < 1.29 is 0 Å². The van der Waals surface area contributed by atoms with Crippen LogP contribution in [-0.2, 0) is 6.54 Å². The van der Waals surface area contributed by atoms with Crippen LogP contribution in [0.3, 0.4) is 0 Å². The van der Waals surface area contributed by atoms with Gasteiger partial charge in [-0.3, -0.25) is 0 Å². The van der Waals surface area contributed by atoms with E-state index in [-0.39, 0.29) is 0 Å². The Morgan fingerprint density at radius 2 is 2.06 bits per heavy atom. The van der Waals surface area contributed by atoms with Gasteiger partial charge in [-0.15, -0.1) is 10.2 Å². The molecule has 1 aromatic carbocycles. The molecule has 1 heterocycles. The van der Waals surface area contributed by atoms with Gasteiger partial charge in [0.05, 0.1) is 0 Å². The quantitative estimate of drug-likeness (QED) is 0.788. The third-order valence-electron chi connectivity index (χ3n) is 2.71. The van der Waals surface area contributed by atoms with Crippen LogP contribution in [0.2, 0.25) is 0 Å². The summed E-state index contributed by atoms with van der Waals surface area (Å²) in [5.74, 6) is 0.975. The Hall–Kier alpha value is -1.64. The monoisotopic (exact) mass is 215 g/mol. The van der Waals surface area contributed by atoms with Crippen molar-refractivity contribution >= 4 is 0 Å². The van der Waals surface area contributed by atoms with Crippen molar-refractivity contribution in [3.05, 3.63) is 35.7 Å². The molecule has 0 aliphatic rings. The summed E-state index contributed by atoms with van der Waals surface area (Å²) < 4.78 is 2.11. The topological polar surface area (TPSA) is 30.7 Å². The summed E-state index contributed by atoms with van der Waals surface area (Å²) in [6.45, 7) is 7.34. The van der Waals surface area contributed by atoms with E-state index in [4.69, 9.17) is 0 Å². The molecule has 1 aromatic heterocycles. The van der Waals surface area contributed by atoms with Crippen molar-refractivity contribution in [3.8, 4) is 11.4 Å². The summed E-state index contributed by atoms with van der Waals surface area (Å²) in [6.07, 6.45) is 2.90. The molecule has 0 saturated heterocycles. The van der Waals surface area contributed by atoms with Crippen LogP contribution in [0.15, 0.2) is 24.5 Å². The van der Waals surface area contributed by atoms with Gasteiger partial charge in [0.15, 0.2) is 5.82 Å². The third kappa shape index (κ3) is 1.98. The molecule has 0 fully saturated rings. The van der Waals surface area contributed by atoms with Crippen LogP contribution in [0, 0.1) is 13.8 Å². The maximum Gasteiger partial charge on any atom is 0.164 e. The zero-order chi connectivity index (χ0) is 11.5. The Morgan fingerprint density at radius 3 is 2.81 bits per heavy atom. The lowest BCUT2D eigenvalue weighted by atomic mass is 10.1. The highest BCUT2D eigenvalue weighted by molar-refractivity contribution is 5.61. The van der Waals surface area contributed by atoms with E-state index in [9.17, 15) is 0 Å². The second kappa shape index (κ2) is 4.47. The smallest absolute Gasteiger partial charge is 0.164 e. The summed E-state index contributed by atoms with van der Waals surface area (Å²) in [5, 5.41) is 8.22. The predicted molar refractivity (Wildman–Crippen MR) is 65.2 cm³/mol. The molecule has 3 heteroatoms. The van der Waals surface area contributed by atoms with Crippen LogP contribution in [0.5, 0.6) is 0 Å². The van der Waals surface area contributed by atoms with Crippen molar-refractivity contribution in [3.63, 3.8) is 0 Å². The molecule has 2 aromatic rings. The van der Waals surface area contributed by atoms with Crippen LogP contribution >= 0.6 is 0 Å². The van der Waals surface area contributed by atoms with Crippen LogP contribution < -0.4 is 0 Å². The van der Waals surface area contributed by atoms with Gasteiger partial charge in [-0.25, -0.2) is 0 Å². The Bertz CT molecular complexity index is 486. The van der Waals surface area contributed by atoms with Gasteiger partial charge in [0.2, 0.25) is 0 Å². The van der Waals surface area contributed by atoms with Crippen molar-refractivity contribution in [2.24, 2.45) is 0 Å². The van der Waals surface area contributed by atoms with Crippen LogP contribution in [0.1, 0.15) is 24.5 Å². The first kappa shape index (κ1) is 10.9. The molecule has 0 bridgehead atoms. The first-order valence-electron chi connectivity index (χ1n) is 5.67. The molecule has 0 amide bonds. The van der Waals surface area contributed by atoms with Gasteiger partial charge in [-0.05, 0) is 31.9 Å². The van der Waals surface area contributed by atoms with E-state index < -0.39 is 0 Å². The van der Waals surface area contributed by atoms with Crippen molar-refractivity contribution in [2.75, 3.05) is 0 Å². The molecule has 0 radical (unpaired) electrons. The number of benzene rings is 1. The number of hydrogen-bond donors (Lipinski definition) is 0. The molecule has 0 unspecified atom stereocenters. The zero-order valence-corrected chi connectivity index (χ0v) is 10.1. The molecule has 0 spiro atoms. The Balaban J connectivity index is 2.49. The number of aromatic nitrogens is 3. The fourth-order valence-electron chi connectivity index (χ4n) is 1.84. The maximum atomic E-state index is 4.22. The standard InChI is InChI=1S/C13H17N3/c1-4-7-16-9-14-15-13(16)12-8-10(2)5-6-11(12)3/h5-6,8-9H,4,7H2,1-3H3. The van der Waals surface area contributed by atoms with E-state index in [1.807, 2.05) is 0 Å². The lowest BCUT2D eigenvalue weighted by Crippen LogP contribution is -1.99. The SMILES string of the molecule is CCCn1cnnc1-c1cc(C)ccc1C. The first-order valence-corrected chi connectivity index (χ1v) is 5.67. The van der Waals surface area contributed by atoms with E-state index in [1.54, 1.807) is 6.33 Å². The van der Waals surface area contributed by atoms with Crippen molar-refractivity contribution in [1.82, 2.24) is 14.8 Å². The highest BCUT2D eigenvalue weighted by Gasteiger charge is 2.09. The average molecular weight is 215 g/mol. The van der Waals surface area contributed by atoms with E-state index in [1.165, 1.54) is 16.7 Å². The summed E-state index contributed by atoms with van der Waals surface area (Å²) in [5.41, 5.74) is 3.69. The van der Waals surface area contributed by atoms with Crippen LogP contribution in [-0.4, -0.2) is 14.8 Å². The Morgan fingerprint density at radius 1 is 1.25 bits per heavy atom. The lowest BCUT2D eigenvalue weighted by molar-refractivity contribution is 0.682. The van der Waals surface area contributed by atoms with Crippen LogP contribution in [0.25, 0.3) is 11.4 Å². The highest BCUT2D eigenvalue weighted by atomic mass is 15.3. The van der Waals surface area contributed by atoms with Gasteiger partial charge in [0.25, 0.3) is 0 Å². The van der Waals surface area contributed by atoms with Gasteiger partial charge < -0.3 is 4.57 Å². The van der Waals surface area contributed by atoms with Gasteiger partial charge in [0, 0.05) is 12.1 Å². The van der Waals surface area contributed by atoms with E-state index in [2.05, 4.69) is 53.7 Å². The van der Waals surface area contributed by atoms with Crippen molar-refractivity contribution in [1.29, 1.82) is 0 Å². The second-order valence-electron chi connectivity index (χ2n) is 4.17. The Labute approximate surface area is 96.1 Å². The van der Waals surface area contributed by atoms with Gasteiger partial charge in [0.1, 0.15) is 6.33 Å². The number of nitrogens with zero attached hydrogens (tertiary/aromatic N) is 3. The van der Waals surface area contributed by atoms with Gasteiger partial charge in [-0.1, -0.05) is 24.6 Å². The molecular weight excluding hydrogens is 198 g/mol.